The molecule has 0 aliphatic carbocycles. The fourth-order valence-electron chi connectivity index (χ4n) is 2.02. The molecule has 0 amide bonds. The molecule has 20 heavy (non-hydrogen) atoms. The van der Waals surface area contributed by atoms with Crippen LogP contribution in [0.1, 0.15) is 29.7 Å². The fourth-order valence-corrected chi connectivity index (χ4v) is 2.02. The van der Waals surface area contributed by atoms with Crippen molar-refractivity contribution < 1.29 is 13.2 Å². The van der Waals surface area contributed by atoms with Gasteiger partial charge in [-0.1, -0.05) is 29.8 Å². The maximum atomic E-state index is 13.5. The van der Waals surface area contributed by atoms with E-state index in [1.54, 1.807) is 0 Å². The van der Waals surface area contributed by atoms with Gasteiger partial charge >= 0.3 is 0 Å². The van der Waals surface area contributed by atoms with E-state index >= 15 is 0 Å². The van der Waals surface area contributed by atoms with E-state index in [2.05, 4.69) is 5.32 Å². The van der Waals surface area contributed by atoms with E-state index in [0.29, 0.717) is 6.07 Å². The smallest absolute Gasteiger partial charge is 0.161 e. The van der Waals surface area contributed by atoms with Gasteiger partial charge in [0.15, 0.2) is 11.6 Å². The summed E-state index contributed by atoms with van der Waals surface area (Å²) in [6.45, 7) is 4.07. The van der Waals surface area contributed by atoms with Crippen LogP contribution in [0.4, 0.5) is 13.2 Å². The van der Waals surface area contributed by atoms with Crippen molar-refractivity contribution in [1.82, 2.24) is 5.32 Å². The highest BCUT2D eigenvalue weighted by molar-refractivity contribution is 5.25. The molecular weight excluding hydrogens is 263 g/mol. The average Bonchev–Trinajstić information content (AvgIpc) is 2.41. The lowest BCUT2D eigenvalue weighted by Crippen LogP contribution is -2.19. The second-order valence-electron chi connectivity index (χ2n) is 4.87. The van der Waals surface area contributed by atoms with Crippen molar-refractivity contribution in [2.75, 3.05) is 0 Å². The third kappa shape index (κ3) is 3.39. The van der Waals surface area contributed by atoms with Crippen molar-refractivity contribution in [3.8, 4) is 0 Å². The first kappa shape index (κ1) is 14.6. The Morgan fingerprint density at radius 3 is 2.40 bits per heavy atom. The zero-order chi connectivity index (χ0) is 14.7. The second-order valence-corrected chi connectivity index (χ2v) is 4.87. The first-order chi connectivity index (χ1) is 9.47. The molecule has 0 spiro atoms. The summed E-state index contributed by atoms with van der Waals surface area (Å²) in [6.07, 6.45) is 0. The summed E-state index contributed by atoms with van der Waals surface area (Å²) in [6, 6.07) is 9.38. The Bertz CT molecular complexity index is 611. The van der Waals surface area contributed by atoms with Gasteiger partial charge in [0, 0.05) is 24.2 Å². The Hall–Kier alpha value is -1.81. The molecule has 4 heteroatoms. The van der Waals surface area contributed by atoms with E-state index in [4.69, 9.17) is 0 Å². The topological polar surface area (TPSA) is 12.0 Å². The van der Waals surface area contributed by atoms with Gasteiger partial charge in [-0.2, -0.15) is 0 Å². The molecule has 0 aliphatic heterocycles. The van der Waals surface area contributed by atoms with Gasteiger partial charge in [-0.3, -0.25) is 0 Å². The summed E-state index contributed by atoms with van der Waals surface area (Å²) in [5.41, 5.74) is 2.31. The van der Waals surface area contributed by atoms with Crippen LogP contribution in [-0.4, -0.2) is 0 Å². The van der Waals surface area contributed by atoms with Gasteiger partial charge in [-0.25, -0.2) is 13.2 Å². The van der Waals surface area contributed by atoms with Gasteiger partial charge in [0.05, 0.1) is 0 Å². The van der Waals surface area contributed by atoms with Crippen LogP contribution < -0.4 is 5.32 Å². The van der Waals surface area contributed by atoms with E-state index < -0.39 is 17.5 Å². The van der Waals surface area contributed by atoms with Crippen LogP contribution in [0.5, 0.6) is 0 Å². The van der Waals surface area contributed by atoms with E-state index in [0.717, 1.165) is 17.2 Å². The van der Waals surface area contributed by atoms with Crippen LogP contribution in [0.3, 0.4) is 0 Å². The van der Waals surface area contributed by atoms with E-state index in [9.17, 15) is 13.2 Å². The maximum absolute atomic E-state index is 13.5. The first-order valence-electron chi connectivity index (χ1n) is 6.40. The predicted molar refractivity (Wildman–Crippen MR) is 72.7 cm³/mol. The zero-order valence-corrected chi connectivity index (χ0v) is 11.4. The molecule has 0 saturated heterocycles. The Kier molecular flexibility index (Phi) is 4.45. The number of benzene rings is 2. The molecule has 2 rings (SSSR count). The normalized spacial score (nSPS) is 12.4. The third-order valence-electron chi connectivity index (χ3n) is 3.23. The minimum absolute atomic E-state index is 0.0117. The molecule has 2 aromatic rings. The van der Waals surface area contributed by atoms with Crippen molar-refractivity contribution >= 4 is 0 Å². The first-order valence-corrected chi connectivity index (χ1v) is 6.40. The molecule has 2 aromatic carbocycles. The highest BCUT2D eigenvalue weighted by atomic mass is 19.2. The van der Waals surface area contributed by atoms with Crippen LogP contribution in [0.2, 0.25) is 0 Å². The third-order valence-corrected chi connectivity index (χ3v) is 3.23. The zero-order valence-electron chi connectivity index (χ0n) is 11.4. The van der Waals surface area contributed by atoms with Gasteiger partial charge in [-0.15, -0.1) is 0 Å². The number of nitrogens with one attached hydrogen (secondary N) is 1. The Labute approximate surface area is 116 Å². The van der Waals surface area contributed by atoms with E-state index in [1.165, 1.54) is 0 Å². The minimum Gasteiger partial charge on any atom is -0.306 e. The molecule has 1 atom stereocenters. The Morgan fingerprint density at radius 1 is 1.00 bits per heavy atom. The van der Waals surface area contributed by atoms with Gasteiger partial charge in [0.2, 0.25) is 0 Å². The van der Waals surface area contributed by atoms with Crippen molar-refractivity contribution in [2.24, 2.45) is 0 Å². The van der Waals surface area contributed by atoms with E-state index in [-0.39, 0.29) is 18.2 Å². The average molecular weight is 279 g/mol. The molecule has 0 fully saturated rings. The highest BCUT2D eigenvalue weighted by Gasteiger charge is 2.11. The van der Waals surface area contributed by atoms with Crippen molar-refractivity contribution in [3.63, 3.8) is 0 Å². The molecule has 0 heterocycles. The number of halogens is 3. The summed E-state index contributed by atoms with van der Waals surface area (Å²) >= 11 is 0. The highest BCUT2D eigenvalue weighted by Crippen LogP contribution is 2.17. The van der Waals surface area contributed by atoms with Gasteiger partial charge in [0.1, 0.15) is 5.82 Å². The van der Waals surface area contributed by atoms with Crippen LogP contribution in [0.15, 0.2) is 36.4 Å². The van der Waals surface area contributed by atoms with Crippen LogP contribution >= 0.6 is 0 Å². The molecule has 0 aliphatic rings. The number of hydrogen-bond donors (Lipinski definition) is 1. The number of hydrogen-bond acceptors (Lipinski definition) is 1. The molecule has 1 N–H and O–H groups in total. The molecule has 106 valence electrons. The minimum atomic E-state index is -1.17. The van der Waals surface area contributed by atoms with Gasteiger partial charge in [-0.05, 0) is 25.5 Å². The maximum Gasteiger partial charge on any atom is 0.161 e. The summed E-state index contributed by atoms with van der Waals surface area (Å²) in [5, 5.41) is 3.10. The van der Waals surface area contributed by atoms with Gasteiger partial charge < -0.3 is 5.32 Å². The van der Waals surface area contributed by atoms with Crippen molar-refractivity contribution in [2.45, 2.75) is 26.4 Å². The van der Waals surface area contributed by atoms with Crippen LogP contribution in [0, 0.1) is 24.4 Å². The Balaban J connectivity index is 2.07. The molecule has 0 saturated carbocycles. The van der Waals surface area contributed by atoms with Crippen molar-refractivity contribution in [3.05, 3.63) is 70.5 Å². The lowest BCUT2D eigenvalue weighted by molar-refractivity contribution is 0.482. The summed E-state index contributed by atoms with van der Waals surface area (Å²) in [5.74, 6) is -2.95. The van der Waals surface area contributed by atoms with Crippen LogP contribution in [-0.2, 0) is 6.54 Å². The molecular formula is C16H16F3N. The standard InChI is InChI=1S/C16H16F3N/c1-10-4-3-5-12(6-10)11(2)20-9-13-7-15(18)16(19)8-14(13)17/h3-8,11,20H,9H2,1-2H3/t11-/m0/s1. The molecule has 0 aromatic heterocycles. The Morgan fingerprint density at radius 2 is 1.70 bits per heavy atom. The fraction of sp³-hybridized carbons (Fsp3) is 0.250. The second kappa shape index (κ2) is 6.09. The van der Waals surface area contributed by atoms with E-state index in [1.807, 2.05) is 38.1 Å². The predicted octanol–water partition coefficient (Wildman–Crippen LogP) is 4.26. The lowest BCUT2D eigenvalue weighted by Gasteiger charge is -2.15. The SMILES string of the molecule is Cc1cccc([C@H](C)NCc2cc(F)c(F)cc2F)c1. The molecule has 0 unspecified atom stereocenters. The van der Waals surface area contributed by atoms with Gasteiger partial charge in [0.25, 0.3) is 0 Å². The largest absolute Gasteiger partial charge is 0.306 e. The monoisotopic (exact) mass is 279 g/mol. The quantitative estimate of drug-likeness (QED) is 0.824. The molecule has 0 bridgehead atoms. The number of rotatable bonds is 4. The summed E-state index contributed by atoms with van der Waals surface area (Å²) in [7, 11) is 0. The van der Waals surface area contributed by atoms with Crippen LogP contribution in [0.25, 0.3) is 0 Å². The molecule has 0 radical (unpaired) electrons. The summed E-state index contributed by atoms with van der Waals surface area (Å²) in [4.78, 5) is 0. The number of aryl methyl sites for hydroxylation is 1. The summed E-state index contributed by atoms with van der Waals surface area (Å²) < 4.78 is 39.4. The van der Waals surface area contributed by atoms with Crippen molar-refractivity contribution in [1.29, 1.82) is 0 Å². The lowest BCUT2D eigenvalue weighted by atomic mass is 10.1. The molecule has 1 nitrogen and oxygen atoms in total.